The van der Waals surface area contributed by atoms with Gasteiger partial charge >= 0.3 is 26.2 Å². The number of rotatable bonds is 2. The largest absolute Gasteiger partial charge is 4.00 e. The molecule has 0 aliphatic rings. The Morgan fingerprint density at radius 2 is 1.09 bits per heavy atom. The number of hydrogen-bond donors (Lipinski definition) is 0. The summed E-state index contributed by atoms with van der Waals surface area (Å²) in [6.45, 7) is 2.36. The molecule has 0 bridgehead atoms. The molecule has 0 saturated heterocycles. The van der Waals surface area contributed by atoms with Crippen molar-refractivity contribution in [3.63, 3.8) is 0 Å². The van der Waals surface area contributed by atoms with Crippen LogP contribution in [0.1, 0.15) is 0 Å². The van der Waals surface area contributed by atoms with Gasteiger partial charge in [-0.15, -0.1) is 80.7 Å². The van der Waals surface area contributed by atoms with Gasteiger partial charge in [0.25, 0.3) is 0 Å². The fourth-order valence-electron chi connectivity index (χ4n) is 2.80. The Bertz CT molecular complexity index is 754. The summed E-state index contributed by atoms with van der Waals surface area (Å²) < 4.78 is 0. The van der Waals surface area contributed by atoms with Gasteiger partial charge in [0.1, 0.15) is 0 Å². The molecule has 0 radical (unpaired) electrons. The third-order valence-corrected chi connectivity index (χ3v) is 6.05. The van der Waals surface area contributed by atoms with Crippen LogP contribution in [0, 0.1) is 0 Å². The minimum absolute atomic E-state index is 0. The summed E-state index contributed by atoms with van der Waals surface area (Å²) in [4.78, 5) is 0. The van der Waals surface area contributed by atoms with E-state index in [2.05, 4.69) is 79.5 Å². The molecular weight excluding hydrogens is 421 g/mol. The molecule has 4 heteroatoms. The van der Waals surface area contributed by atoms with E-state index >= 15 is 0 Å². The number of hydrogen-bond acceptors (Lipinski definition) is 0. The van der Waals surface area contributed by atoms with Gasteiger partial charge in [0.05, 0.1) is 0 Å². The van der Waals surface area contributed by atoms with E-state index in [9.17, 15) is 0 Å². The summed E-state index contributed by atoms with van der Waals surface area (Å²) in [7, 11) is -0.264. The molecular formula is C19H15Cl2PZr. The SMILES string of the molecule is CP(c1cc2ccccc2[cH-]1)c1cc2ccccc2[cH-]1.[Cl-].[Cl-].[Zr+4]. The van der Waals surface area contributed by atoms with Crippen LogP contribution in [0.4, 0.5) is 0 Å². The molecule has 0 aliphatic heterocycles. The predicted octanol–water partition coefficient (Wildman–Crippen LogP) is -1.50. The molecule has 0 N–H and O–H groups in total. The maximum Gasteiger partial charge on any atom is 4.00 e. The molecule has 0 amide bonds. The first-order valence-electron chi connectivity index (χ1n) is 6.86. The Morgan fingerprint density at radius 3 is 1.48 bits per heavy atom. The second-order valence-corrected chi connectivity index (χ2v) is 7.39. The van der Waals surface area contributed by atoms with Gasteiger partial charge < -0.3 is 24.8 Å². The summed E-state index contributed by atoms with van der Waals surface area (Å²) in [6, 6.07) is 26.6. The molecule has 23 heavy (non-hydrogen) atoms. The van der Waals surface area contributed by atoms with Gasteiger partial charge in [-0.3, -0.25) is 0 Å². The molecule has 0 spiro atoms. The molecule has 4 rings (SSSR count). The van der Waals surface area contributed by atoms with Crippen molar-refractivity contribution in [1.82, 2.24) is 0 Å². The first kappa shape index (κ1) is 20.6. The molecule has 0 unspecified atom stereocenters. The Kier molecular flexibility index (Phi) is 7.69. The van der Waals surface area contributed by atoms with Gasteiger partial charge in [-0.25, -0.2) is 0 Å². The van der Waals surface area contributed by atoms with Crippen LogP contribution < -0.4 is 35.4 Å². The van der Waals surface area contributed by atoms with E-state index in [1.807, 2.05) is 0 Å². The van der Waals surface area contributed by atoms with E-state index < -0.39 is 0 Å². The van der Waals surface area contributed by atoms with Gasteiger partial charge in [-0.05, 0) is 6.66 Å². The van der Waals surface area contributed by atoms with Crippen molar-refractivity contribution in [3.05, 3.63) is 72.8 Å². The zero-order chi connectivity index (χ0) is 13.5. The zero-order valence-corrected chi connectivity index (χ0v) is 17.5. The van der Waals surface area contributed by atoms with Crippen LogP contribution in [0.15, 0.2) is 72.8 Å². The molecule has 0 heterocycles. The average Bonchev–Trinajstić information content (AvgIpc) is 3.10. The molecule has 4 aromatic carbocycles. The van der Waals surface area contributed by atoms with Gasteiger partial charge in [-0.2, -0.15) is 12.1 Å². The van der Waals surface area contributed by atoms with E-state index in [-0.39, 0.29) is 58.9 Å². The summed E-state index contributed by atoms with van der Waals surface area (Å²) >= 11 is 0. The molecule has 0 saturated carbocycles. The van der Waals surface area contributed by atoms with Crippen molar-refractivity contribution in [1.29, 1.82) is 0 Å². The molecule has 0 fully saturated rings. The van der Waals surface area contributed by atoms with Crippen LogP contribution in [0.3, 0.4) is 0 Å². The minimum Gasteiger partial charge on any atom is -1.00 e. The van der Waals surface area contributed by atoms with Crippen LogP contribution in [0.25, 0.3) is 21.5 Å². The fourth-order valence-corrected chi connectivity index (χ4v) is 4.43. The molecule has 0 aromatic heterocycles. The maximum atomic E-state index is 2.36. The van der Waals surface area contributed by atoms with E-state index in [0.29, 0.717) is 0 Å². The third-order valence-electron chi connectivity index (χ3n) is 3.98. The maximum absolute atomic E-state index is 2.36. The van der Waals surface area contributed by atoms with Crippen molar-refractivity contribution < 1.29 is 51.0 Å². The standard InChI is InChI=1S/C19H15P.2ClH.Zr/c1-20(18-10-14-6-2-3-7-15(14)11-18)19-12-16-8-4-5-9-17(16)13-19;;;/h2-13H,1H3;2*1H;/q-2;;;+4/p-2. The Balaban J connectivity index is 0.000000882. The van der Waals surface area contributed by atoms with E-state index in [1.54, 1.807) is 0 Å². The second-order valence-electron chi connectivity index (χ2n) is 5.24. The Labute approximate surface area is 169 Å². The molecule has 0 aliphatic carbocycles. The Morgan fingerprint density at radius 1 is 0.696 bits per heavy atom. The second kappa shape index (κ2) is 8.59. The van der Waals surface area contributed by atoms with Gasteiger partial charge in [0.2, 0.25) is 0 Å². The fraction of sp³-hybridized carbons (Fsp3) is 0.0526. The first-order valence-corrected chi connectivity index (χ1v) is 8.65. The van der Waals surface area contributed by atoms with Crippen molar-refractivity contribution in [2.45, 2.75) is 0 Å². The van der Waals surface area contributed by atoms with Crippen molar-refractivity contribution in [2.24, 2.45) is 0 Å². The summed E-state index contributed by atoms with van der Waals surface area (Å²) in [5.41, 5.74) is 0. The summed E-state index contributed by atoms with van der Waals surface area (Å²) in [5.74, 6) is 0. The van der Waals surface area contributed by atoms with Crippen LogP contribution in [0.2, 0.25) is 0 Å². The topological polar surface area (TPSA) is 0 Å². The van der Waals surface area contributed by atoms with Crippen LogP contribution in [0.5, 0.6) is 0 Å². The number of benzene rings is 2. The van der Waals surface area contributed by atoms with Crippen molar-refractivity contribution in [2.75, 3.05) is 6.66 Å². The smallest absolute Gasteiger partial charge is 1.00 e. The minimum atomic E-state index is -0.264. The van der Waals surface area contributed by atoms with Crippen molar-refractivity contribution >= 4 is 40.1 Å². The molecule has 0 nitrogen and oxygen atoms in total. The van der Waals surface area contributed by atoms with E-state index in [4.69, 9.17) is 0 Å². The average molecular weight is 436 g/mol. The molecule has 114 valence electrons. The summed E-state index contributed by atoms with van der Waals surface area (Å²) in [6.07, 6.45) is 0. The predicted molar refractivity (Wildman–Crippen MR) is 91.2 cm³/mol. The quantitative estimate of drug-likeness (QED) is 0.265. The van der Waals surface area contributed by atoms with Crippen molar-refractivity contribution in [3.8, 4) is 0 Å². The number of fused-ring (bicyclic) bond motifs is 2. The summed E-state index contributed by atoms with van der Waals surface area (Å²) in [5, 5.41) is 8.36. The van der Waals surface area contributed by atoms with E-state index in [1.165, 1.54) is 32.2 Å². The molecule has 0 atom stereocenters. The zero-order valence-electron chi connectivity index (χ0n) is 12.6. The van der Waals surface area contributed by atoms with E-state index in [0.717, 1.165) is 0 Å². The Hall–Kier alpha value is -0.447. The first-order chi connectivity index (χ1) is 9.81. The van der Waals surface area contributed by atoms with Crippen LogP contribution in [-0.4, -0.2) is 6.66 Å². The van der Waals surface area contributed by atoms with Gasteiger partial charge in [0.15, 0.2) is 0 Å². The van der Waals surface area contributed by atoms with Crippen LogP contribution >= 0.6 is 7.92 Å². The van der Waals surface area contributed by atoms with Crippen LogP contribution in [-0.2, 0) is 26.2 Å². The monoisotopic (exact) mass is 434 g/mol. The van der Waals surface area contributed by atoms with Gasteiger partial charge in [-0.1, -0.05) is 20.1 Å². The van der Waals surface area contributed by atoms with Gasteiger partial charge in [0, 0.05) is 0 Å². The molecule has 4 aromatic rings. The number of halogens is 2. The third kappa shape index (κ3) is 3.97. The normalized spacial score (nSPS) is 10.2.